The molecule has 1 fully saturated rings. The zero-order chi connectivity index (χ0) is 19.3. The Balaban J connectivity index is 2.23. The minimum Gasteiger partial charge on any atom is -0.384 e. The van der Waals surface area contributed by atoms with Gasteiger partial charge in [0.15, 0.2) is 22.1 Å². The Labute approximate surface area is 162 Å². The Morgan fingerprint density at radius 2 is 2.04 bits per heavy atom. The lowest BCUT2D eigenvalue weighted by Crippen LogP contribution is -2.75. The smallest absolute Gasteiger partial charge is 0.217 e. The number of aliphatic hydroxyl groups is 4. The summed E-state index contributed by atoms with van der Waals surface area (Å²) in [7, 11) is 0. The molecule has 26 heavy (non-hydrogen) atoms. The summed E-state index contributed by atoms with van der Waals surface area (Å²) in [5, 5.41) is 45.8. The summed E-state index contributed by atoms with van der Waals surface area (Å²) in [5.41, 5.74) is -3.59. The van der Waals surface area contributed by atoms with E-state index < -0.39 is 40.1 Å². The van der Waals surface area contributed by atoms with Crippen molar-refractivity contribution in [2.45, 2.75) is 41.2 Å². The molecule has 6 atom stereocenters. The highest BCUT2D eigenvalue weighted by Crippen LogP contribution is 2.46. The van der Waals surface area contributed by atoms with E-state index in [2.05, 4.69) is 21.2 Å². The molecule has 0 spiro atoms. The molecule has 1 aromatic heterocycles. The van der Waals surface area contributed by atoms with Crippen LogP contribution in [0.2, 0.25) is 0 Å². The van der Waals surface area contributed by atoms with Gasteiger partial charge in [-0.25, -0.2) is 0 Å². The van der Waals surface area contributed by atoms with E-state index in [0.29, 0.717) is 5.52 Å². The second-order valence-corrected chi connectivity index (χ2v) is 7.80. The topological polar surface area (TPSA) is 124 Å². The first-order chi connectivity index (χ1) is 12.1. The van der Waals surface area contributed by atoms with Gasteiger partial charge in [-0.2, -0.15) is 0 Å². The van der Waals surface area contributed by atoms with Crippen LogP contribution in [0.5, 0.6) is 0 Å². The number of aromatic nitrogens is 1. The SMILES string of the molecule is CC(=O)N[C@H]1[C@@H](O)O[C@](Br)([C@H](O)Cl)[C@@H](O)[C@@]1(O)n1ccc2ccccc21. The summed E-state index contributed by atoms with van der Waals surface area (Å²) in [6.45, 7) is 1.19. The number of fused-ring (bicyclic) bond motifs is 1. The number of nitrogens with one attached hydrogen (secondary N) is 1. The fraction of sp³-hybridized carbons (Fsp3) is 0.438. The summed E-state index contributed by atoms with van der Waals surface area (Å²) < 4.78 is 4.42. The van der Waals surface area contributed by atoms with Crippen LogP contribution < -0.4 is 5.32 Å². The van der Waals surface area contributed by atoms with E-state index in [-0.39, 0.29) is 0 Å². The quantitative estimate of drug-likeness (QED) is 0.425. The average Bonchev–Trinajstić information content (AvgIpc) is 3.01. The molecule has 2 aromatic rings. The molecule has 0 bridgehead atoms. The molecule has 0 saturated carbocycles. The van der Waals surface area contributed by atoms with Crippen LogP contribution in [0.15, 0.2) is 36.5 Å². The van der Waals surface area contributed by atoms with Crippen molar-refractivity contribution in [3.05, 3.63) is 36.5 Å². The molecule has 1 aliphatic heterocycles. The lowest BCUT2D eigenvalue weighted by Gasteiger charge is -2.53. The molecule has 2 heterocycles. The summed E-state index contributed by atoms with van der Waals surface area (Å²) >= 11 is 8.71. The third kappa shape index (κ3) is 2.84. The Morgan fingerprint density at radius 1 is 1.38 bits per heavy atom. The number of hydrogen-bond donors (Lipinski definition) is 5. The van der Waals surface area contributed by atoms with Gasteiger partial charge in [-0.15, -0.1) is 0 Å². The van der Waals surface area contributed by atoms with Gasteiger partial charge in [0.1, 0.15) is 12.1 Å². The van der Waals surface area contributed by atoms with Gasteiger partial charge >= 0.3 is 0 Å². The maximum absolute atomic E-state index is 11.6. The van der Waals surface area contributed by atoms with Crippen molar-refractivity contribution in [1.29, 1.82) is 0 Å². The minimum atomic E-state index is -2.30. The number of amides is 1. The Hall–Kier alpha value is -1.20. The van der Waals surface area contributed by atoms with Crippen LogP contribution in [0.25, 0.3) is 10.9 Å². The number of para-hydroxylation sites is 1. The first kappa shape index (κ1) is 19.6. The van der Waals surface area contributed by atoms with Crippen LogP contribution in [0.3, 0.4) is 0 Å². The number of nitrogens with zero attached hydrogens (tertiary/aromatic N) is 1. The van der Waals surface area contributed by atoms with Gasteiger partial charge in [-0.05, 0) is 33.4 Å². The van der Waals surface area contributed by atoms with Gasteiger partial charge in [0, 0.05) is 13.1 Å². The van der Waals surface area contributed by atoms with E-state index in [0.717, 1.165) is 5.39 Å². The fourth-order valence-electron chi connectivity index (χ4n) is 3.25. The first-order valence-electron chi connectivity index (χ1n) is 7.73. The van der Waals surface area contributed by atoms with E-state index in [4.69, 9.17) is 16.3 Å². The standard InChI is InChI=1S/C16H18BrClN2O6/c1-8(21)19-11-12(22)26-15(17,14(18)24)13(23)16(11,25)20-7-6-9-4-2-3-5-10(9)20/h2-7,11-14,22-25H,1H3,(H,19,21)/t11-,12-,13+,14-,15-,16+/m0/s1. The molecule has 0 unspecified atom stereocenters. The molecule has 3 rings (SSSR count). The molecular formula is C16H18BrClN2O6. The molecule has 142 valence electrons. The highest BCUT2D eigenvalue weighted by Gasteiger charge is 2.65. The van der Waals surface area contributed by atoms with Gasteiger partial charge in [-0.3, -0.25) is 4.79 Å². The zero-order valence-corrected chi connectivity index (χ0v) is 15.9. The number of hydrogen-bond acceptors (Lipinski definition) is 6. The van der Waals surface area contributed by atoms with Crippen molar-refractivity contribution >= 4 is 44.3 Å². The lowest BCUT2D eigenvalue weighted by atomic mass is 9.89. The van der Waals surface area contributed by atoms with E-state index in [1.165, 1.54) is 17.7 Å². The van der Waals surface area contributed by atoms with Crippen molar-refractivity contribution in [3.63, 3.8) is 0 Å². The Morgan fingerprint density at radius 3 is 2.65 bits per heavy atom. The zero-order valence-electron chi connectivity index (χ0n) is 13.6. The van der Waals surface area contributed by atoms with Gasteiger partial charge in [0.25, 0.3) is 0 Å². The van der Waals surface area contributed by atoms with Crippen LogP contribution in [-0.2, 0) is 15.3 Å². The molecule has 0 radical (unpaired) electrons. The van der Waals surface area contributed by atoms with Crippen molar-refractivity contribution in [3.8, 4) is 0 Å². The van der Waals surface area contributed by atoms with Crippen LogP contribution in [0.4, 0.5) is 0 Å². The summed E-state index contributed by atoms with van der Waals surface area (Å²) in [5.74, 6) is -0.562. The van der Waals surface area contributed by atoms with Crippen LogP contribution in [0.1, 0.15) is 6.92 Å². The van der Waals surface area contributed by atoms with Crippen molar-refractivity contribution < 1.29 is 30.0 Å². The molecule has 1 aliphatic rings. The van der Waals surface area contributed by atoms with Gasteiger partial charge in [0.2, 0.25) is 5.91 Å². The molecule has 1 saturated heterocycles. The van der Waals surface area contributed by atoms with Crippen molar-refractivity contribution in [1.82, 2.24) is 9.88 Å². The van der Waals surface area contributed by atoms with E-state index in [1.54, 1.807) is 30.3 Å². The largest absolute Gasteiger partial charge is 0.384 e. The van der Waals surface area contributed by atoms with E-state index in [9.17, 15) is 25.2 Å². The van der Waals surface area contributed by atoms with Gasteiger partial charge in [-0.1, -0.05) is 29.8 Å². The molecule has 1 aromatic carbocycles. The minimum absolute atomic E-state index is 0.525. The number of carbonyl (C=O) groups excluding carboxylic acids is 1. The van der Waals surface area contributed by atoms with Crippen LogP contribution >= 0.6 is 27.5 Å². The van der Waals surface area contributed by atoms with Crippen LogP contribution in [-0.4, -0.2) is 59.4 Å². The molecule has 8 nitrogen and oxygen atoms in total. The number of halogens is 2. The second-order valence-electron chi connectivity index (χ2n) is 6.15. The van der Waals surface area contributed by atoms with E-state index in [1.807, 2.05) is 0 Å². The molecular weight excluding hydrogens is 432 g/mol. The van der Waals surface area contributed by atoms with Gasteiger partial charge in [0.05, 0.1) is 5.52 Å². The lowest BCUT2D eigenvalue weighted by molar-refractivity contribution is -0.325. The molecule has 5 N–H and O–H groups in total. The molecule has 10 heteroatoms. The maximum atomic E-state index is 11.6. The predicted molar refractivity (Wildman–Crippen MR) is 96.4 cm³/mol. The number of rotatable bonds is 3. The van der Waals surface area contributed by atoms with Gasteiger partial charge < -0.3 is 35.0 Å². The summed E-state index contributed by atoms with van der Waals surface area (Å²) in [4.78, 5) is 11.6. The average molecular weight is 450 g/mol. The third-order valence-electron chi connectivity index (χ3n) is 4.49. The normalized spacial score (nSPS) is 36.0. The first-order valence-corrected chi connectivity index (χ1v) is 8.96. The maximum Gasteiger partial charge on any atom is 0.217 e. The predicted octanol–water partition coefficient (Wildman–Crippen LogP) is 0.149. The Kier molecular flexibility index (Phi) is 5.08. The highest BCUT2D eigenvalue weighted by atomic mass is 79.9. The summed E-state index contributed by atoms with van der Waals surface area (Å²) in [6, 6.07) is 7.26. The number of ether oxygens (including phenoxy) is 1. The molecule has 1 amide bonds. The van der Waals surface area contributed by atoms with Crippen molar-refractivity contribution in [2.24, 2.45) is 0 Å². The van der Waals surface area contributed by atoms with Crippen molar-refractivity contribution in [2.75, 3.05) is 0 Å². The molecule has 0 aliphatic carbocycles. The third-order valence-corrected chi connectivity index (χ3v) is 6.13. The van der Waals surface area contributed by atoms with E-state index >= 15 is 0 Å². The highest BCUT2D eigenvalue weighted by molar-refractivity contribution is 9.10. The second kappa shape index (κ2) is 6.75. The number of benzene rings is 1. The Bertz CT molecular complexity index is 832. The number of aliphatic hydroxyl groups excluding tert-OH is 3. The fourth-order valence-corrected chi connectivity index (χ4v) is 3.95. The number of carbonyl (C=O) groups is 1. The summed E-state index contributed by atoms with van der Waals surface area (Å²) in [6.07, 6.45) is -2.17. The number of alkyl halides is 2. The van der Waals surface area contributed by atoms with Crippen LogP contribution in [0, 0.1) is 0 Å². The monoisotopic (exact) mass is 448 g/mol.